The molecular formula is C13H18N4O2S. The van der Waals surface area contributed by atoms with Crippen molar-refractivity contribution in [3.8, 4) is 0 Å². The normalized spacial score (nSPS) is 11.3. The maximum Gasteiger partial charge on any atom is 0.263 e. The van der Waals surface area contributed by atoms with Crippen molar-refractivity contribution in [2.45, 2.75) is 18.2 Å². The summed E-state index contributed by atoms with van der Waals surface area (Å²) in [5.41, 5.74) is 0.906. The van der Waals surface area contributed by atoms with Gasteiger partial charge in [0, 0.05) is 31.5 Å². The van der Waals surface area contributed by atoms with Crippen molar-refractivity contribution in [3.05, 3.63) is 36.5 Å². The van der Waals surface area contributed by atoms with E-state index in [9.17, 15) is 8.42 Å². The monoisotopic (exact) mass is 294 g/mol. The molecule has 0 atom stereocenters. The van der Waals surface area contributed by atoms with E-state index in [1.165, 1.54) is 4.68 Å². The predicted octanol–water partition coefficient (Wildman–Crippen LogP) is 2.04. The Morgan fingerprint density at radius 1 is 1.20 bits per heavy atom. The second-order valence-corrected chi connectivity index (χ2v) is 6.11. The zero-order chi connectivity index (χ0) is 14.6. The molecule has 0 radical (unpaired) electrons. The van der Waals surface area contributed by atoms with E-state index in [4.69, 9.17) is 0 Å². The number of sulfonamides is 1. The van der Waals surface area contributed by atoms with Crippen molar-refractivity contribution >= 4 is 21.5 Å². The van der Waals surface area contributed by atoms with Crippen LogP contribution in [-0.4, -0.2) is 24.7 Å². The first kappa shape index (κ1) is 14.4. The Bertz CT molecular complexity index is 662. The number of benzene rings is 1. The van der Waals surface area contributed by atoms with Gasteiger partial charge in [-0.15, -0.1) is 0 Å². The molecule has 0 aliphatic rings. The van der Waals surface area contributed by atoms with Gasteiger partial charge in [0.15, 0.2) is 5.82 Å². The van der Waals surface area contributed by atoms with Crippen LogP contribution in [-0.2, 0) is 17.1 Å². The van der Waals surface area contributed by atoms with Crippen LogP contribution in [0.15, 0.2) is 41.4 Å². The molecule has 0 bridgehead atoms. The van der Waals surface area contributed by atoms with Crippen LogP contribution in [0, 0.1) is 0 Å². The molecule has 6 nitrogen and oxygen atoms in total. The van der Waals surface area contributed by atoms with Gasteiger partial charge in [-0.05, 0) is 30.7 Å². The van der Waals surface area contributed by atoms with E-state index in [0.29, 0.717) is 5.82 Å². The number of nitrogens with zero attached hydrogens (tertiary/aromatic N) is 2. The summed E-state index contributed by atoms with van der Waals surface area (Å²) >= 11 is 0. The molecule has 0 spiro atoms. The Hall–Kier alpha value is -2.02. The van der Waals surface area contributed by atoms with Gasteiger partial charge in [0.05, 0.1) is 4.90 Å². The summed E-state index contributed by atoms with van der Waals surface area (Å²) in [6.45, 7) is 2.93. The Labute approximate surface area is 118 Å². The van der Waals surface area contributed by atoms with E-state index < -0.39 is 10.0 Å². The molecule has 2 rings (SSSR count). The molecule has 0 saturated carbocycles. The summed E-state index contributed by atoms with van der Waals surface area (Å²) in [6.07, 6.45) is 2.69. The lowest BCUT2D eigenvalue weighted by Crippen LogP contribution is -2.13. The molecule has 20 heavy (non-hydrogen) atoms. The zero-order valence-electron chi connectivity index (χ0n) is 11.5. The topological polar surface area (TPSA) is 76.0 Å². The minimum absolute atomic E-state index is 0.213. The lowest BCUT2D eigenvalue weighted by atomic mass is 10.3. The maximum atomic E-state index is 12.2. The van der Waals surface area contributed by atoms with E-state index in [1.807, 2.05) is 0 Å². The third-order valence-corrected chi connectivity index (χ3v) is 4.07. The fourth-order valence-electron chi connectivity index (χ4n) is 1.69. The Kier molecular flexibility index (Phi) is 4.29. The standard InChI is InChI=1S/C13H18N4O2S/c1-3-9-14-11-4-6-12(7-5-11)20(18,19)16-13-8-10-17(2)15-13/h4-8,10,14H,3,9H2,1-2H3,(H,15,16). The molecule has 7 heteroatoms. The Morgan fingerprint density at radius 3 is 2.45 bits per heavy atom. The lowest BCUT2D eigenvalue weighted by Gasteiger charge is -2.08. The highest BCUT2D eigenvalue weighted by Gasteiger charge is 2.15. The summed E-state index contributed by atoms with van der Waals surface area (Å²) in [6, 6.07) is 8.26. The number of aromatic nitrogens is 2. The van der Waals surface area contributed by atoms with Crippen LogP contribution in [0.4, 0.5) is 11.5 Å². The third-order valence-electron chi connectivity index (χ3n) is 2.70. The van der Waals surface area contributed by atoms with E-state index >= 15 is 0 Å². The highest BCUT2D eigenvalue weighted by Crippen LogP contribution is 2.17. The number of hydrogen-bond acceptors (Lipinski definition) is 4. The van der Waals surface area contributed by atoms with Crippen molar-refractivity contribution in [1.82, 2.24) is 9.78 Å². The quantitative estimate of drug-likeness (QED) is 0.855. The Balaban J connectivity index is 2.13. The number of hydrogen-bond donors (Lipinski definition) is 2. The highest BCUT2D eigenvalue weighted by atomic mass is 32.2. The third kappa shape index (κ3) is 3.51. The van der Waals surface area contributed by atoms with Gasteiger partial charge in [0.1, 0.15) is 0 Å². The highest BCUT2D eigenvalue weighted by molar-refractivity contribution is 7.92. The van der Waals surface area contributed by atoms with Gasteiger partial charge in [-0.25, -0.2) is 8.42 Å². The molecule has 0 amide bonds. The van der Waals surface area contributed by atoms with Crippen molar-refractivity contribution < 1.29 is 8.42 Å². The molecule has 1 heterocycles. The molecule has 0 fully saturated rings. The SMILES string of the molecule is CCCNc1ccc(S(=O)(=O)Nc2ccn(C)n2)cc1. The smallest absolute Gasteiger partial charge is 0.263 e. The molecule has 2 aromatic rings. The number of anilines is 2. The largest absolute Gasteiger partial charge is 0.385 e. The summed E-state index contributed by atoms with van der Waals surface area (Å²) in [4.78, 5) is 0.213. The minimum Gasteiger partial charge on any atom is -0.385 e. The van der Waals surface area contributed by atoms with E-state index in [2.05, 4.69) is 22.1 Å². The van der Waals surface area contributed by atoms with Gasteiger partial charge < -0.3 is 5.32 Å². The summed E-state index contributed by atoms with van der Waals surface area (Å²) in [7, 11) is -1.86. The lowest BCUT2D eigenvalue weighted by molar-refractivity contribution is 0.601. The molecule has 2 N–H and O–H groups in total. The number of rotatable bonds is 6. The summed E-state index contributed by atoms with van der Waals surface area (Å²) < 4.78 is 28.3. The van der Waals surface area contributed by atoms with Crippen LogP contribution >= 0.6 is 0 Å². The van der Waals surface area contributed by atoms with E-state index in [1.54, 1.807) is 43.6 Å². The fourth-order valence-corrected chi connectivity index (χ4v) is 2.68. The second-order valence-electron chi connectivity index (χ2n) is 4.43. The average Bonchev–Trinajstić information content (AvgIpc) is 2.81. The predicted molar refractivity (Wildman–Crippen MR) is 79.2 cm³/mol. The molecule has 108 valence electrons. The fraction of sp³-hybridized carbons (Fsp3) is 0.308. The van der Waals surface area contributed by atoms with E-state index in [0.717, 1.165) is 18.7 Å². The van der Waals surface area contributed by atoms with Gasteiger partial charge in [-0.3, -0.25) is 9.40 Å². The summed E-state index contributed by atoms with van der Waals surface area (Å²) in [5.74, 6) is 0.306. The molecular weight excluding hydrogens is 276 g/mol. The average molecular weight is 294 g/mol. The summed E-state index contributed by atoms with van der Waals surface area (Å²) in [5, 5.41) is 7.19. The van der Waals surface area contributed by atoms with Crippen LogP contribution in [0.5, 0.6) is 0 Å². The first-order valence-electron chi connectivity index (χ1n) is 6.37. The van der Waals surface area contributed by atoms with Gasteiger partial charge >= 0.3 is 0 Å². The molecule has 1 aromatic carbocycles. The molecule has 0 aliphatic heterocycles. The van der Waals surface area contributed by atoms with Crippen LogP contribution in [0.2, 0.25) is 0 Å². The number of aryl methyl sites for hydroxylation is 1. The first-order chi connectivity index (χ1) is 9.51. The molecule has 0 saturated heterocycles. The second kappa shape index (κ2) is 5.96. The van der Waals surface area contributed by atoms with Crippen molar-refractivity contribution in [3.63, 3.8) is 0 Å². The Morgan fingerprint density at radius 2 is 1.90 bits per heavy atom. The van der Waals surface area contributed by atoms with Gasteiger partial charge in [-0.1, -0.05) is 6.92 Å². The van der Waals surface area contributed by atoms with Crippen LogP contribution in [0.25, 0.3) is 0 Å². The van der Waals surface area contributed by atoms with Crippen LogP contribution < -0.4 is 10.0 Å². The first-order valence-corrected chi connectivity index (χ1v) is 7.86. The van der Waals surface area contributed by atoms with Gasteiger partial charge in [-0.2, -0.15) is 5.10 Å². The zero-order valence-corrected chi connectivity index (χ0v) is 12.3. The van der Waals surface area contributed by atoms with Gasteiger partial charge in [0.25, 0.3) is 10.0 Å². The van der Waals surface area contributed by atoms with Crippen LogP contribution in [0.1, 0.15) is 13.3 Å². The van der Waals surface area contributed by atoms with Crippen molar-refractivity contribution in [2.24, 2.45) is 7.05 Å². The van der Waals surface area contributed by atoms with Crippen molar-refractivity contribution in [2.75, 3.05) is 16.6 Å². The van der Waals surface area contributed by atoms with Crippen molar-refractivity contribution in [1.29, 1.82) is 0 Å². The maximum absolute atomic E-state index is 12.2. The van der Waals surface area contributed by atoms with Crippen LogP contribution in [0.3, 0.4) is 0 Å². The number of nitrogens with one attached hydrogen (secondary N) is 2. The molecule has 0 aliphatic carbocycles. The van der Waals surface area contributed by atoms with Gasteiger partial charge in [0.2, 0.25) is 0 Å². The molecule has 0 unspecified atom stereocenters. The van der Waals surface area contributed by atoms with E-state index in [-0.39, 0.29) is 4.90 Å². The molecule has 1 aromatic heterocycles. The minimum atomic E-state index is -3.59.